The average Bonchev–Trinajstić information content (AvgIpc) is 2.87. The van der Waals surface area contributed by atoms with E-state index >= 15 is 0 Å². The first kappa shape index (κ1) is 15.2. The number of aromatic nitrogens is 2. The first-order valence-electron chi connectivity index (χ1n) is 8.27. The van der Waals surface area contributed by atoms with Gasteiger partial charge in [-0.15, -0.1) is 0 Å². The Hall–Kier alpha value is -0.680. The summed E-state index contributed by atoms with van der Waals surface area (Å²) in [7, 11) is -0.759. The van der Waals surface area contributed by atoms with Crippen LogP contribution in [0.5, 0.6) is 0 Å². The minimum absolute atomic E-state index is 0.294. The molecular weight excluding hydrogens is 282 g/mol. The second kappa shape index (κ2) is 6.61. The highest BCUT2D eigenvalue weighted by Crippen LogP contribution is 2.35. The molecule has 2 heterocycles. The largest absolute Gasteiger partial charge is 0.328 e. The first-order valence-corrected chi connectivity index (χ1v) is 10.00. The molecule has 2 atom stereocenters. The molecule has 1 N–H and O–H groups in total. The topological polar surface area (TPSA) is 46.9 Å². The summed E-state index contributed by atoms with van der Waals surface area (Å²) in [5.74, 6) is 2.62. The van der Waals surface area contributed by atoms with Crippen LogP contribution in [0.4, 0.5) is 0 Å². The maximum absolute atomic E-state index is 11.7. The maximum Gasteiger partial charge on any atom is 0.112 e. The second-order valence-electron chi connectivity index (χ2n) is 6.58. The summed E-state index contributed by atoms with van der Waals surface area (Å²) >= 11 is 0. The highest BCUT2D eigenvalue weighted by Gasteiger charge is 2.28. The quantitative estimate of drug-likeness (QED) is 0.929. The van der Waals surface area contributed by atoms with Gasteiger partial charge in [-0.1, -0.05) is 19.3 Å². The SMILES string of the molecule is CC(CS(C)=O)n1c(C2CCCCC2)nc2c1CCNC2. The van der Waals surface area contributed by atoms with Crippen LogP contribution in [0, 0.1) is 0 Å². The third kappa shape index (κ3) is 3.24. The van der Waals surface area contributed by atoms with E-state index in [0.717, 1.165) is 25.3 Å². The number of hydrogen-bond acceptors (Lipinski definition) is 3. The molecule has 0 amide bonds. The first-order chi connectivity index (χ1) is 10.2. The van der Waals surface area contributed by atoms with E-state index in [0.29, 0.717) is 12.0 Å². The van der Waals surface area contributed by atoms with Crippen LogP contribution in [0.3, 0.4) is 0 Å². The zero-order valence-corrected chi connectivity index (χ0v) is 14.0. The number of fused-ring (bicyclic) bond motifs is 1. The number of imidazole rings is 1. The van der Waals surface area contributed by atoms with Crippen molar-refractivity contribution in [3.05, 3.63) is 17.2 Å². The molecule has 4 nitrogen and oxygen atoms in total. The minimum atomic E-state index is -0.759. The molecule has 2 unspecified atom stereocenters. The Kier molecular flexibility index (Phi) is 4.79. The van der Waals surface area contributed by atoms with Crippen molar-refractivity contribution in [3.63, 3.8) is 0 Å². The van der Waals surface area contributed by atoms with Gasteiger partial charge in [0.1, 0.15) is 5.82 Å². The molecule has 118 valence electrons. The smallest absolute Gasteiger partial charge is 0.112 e. The fourth-order valence-corrected chi connectivity index (χ4v) is 4.74. The lowest BCUT2D eigenvalue weighted by molar-refractivity contribution is 0.404. The predicted octanol–water partition coefficient (Wildman–Crippen LogP) is 2.52. The van der Waals surface area contributed by atoms with Gasteiger partial charge in [-0.2, -0.15) is 0 Å². The van der Waals surface area contributed by atoms with Crippen molar-refractivity contribution in [2.24, 2.45) is 0 Å². The van der Waals surface area contributed by atoms with Crippen LogP contribution >= 0.6 is 0 Å². The Bertz CT molecular complexity index is 520. The van der Waals surface area contributed by atoms with Crippen molar-refractivity contribution in [2.45, 2.75) is 64.0 Å². The summed E-state index contributed by atoms with van der Waals surface area (Å²) < 4.78 is 14.1. The zero-order chi connectivity index (χ0) is 14.8. The van der Waals surface area contributed by atoms with E-state index in [9.17, 15) is 4.21 Å². The molecule has 1 aliphatic heterocycles. The lowest BCUT2D eigenvalue weighted by Gasteiger charge is -2.26. The van der Waals surface area contributed by atoms with Crippen LogP contribution in [0.1, 0.15) is 68.2 Å². The number of rotatable bonds is 4. The third-order valence-electron chi connectivity index (χ3n) is 4.84. The predicted molar refractivity (Wildman–Crippen MR) is 87.1 cm³/mol. The van der Waals surface area contributed by atoms with Crippen LogP contribution in [-0.2, 0) is 23.8 Å². The Morgan fingerprint density at radius 1 is 1.38 bits per heavy atom. The number of nitrogens with zero attached hydrogens (tertiary/aromatic N) is 2. The van der Waals surface area contributed by atoms with Gasteiger partial charge >= 0.3 is 0 Å². The fourth-order valence-electron chi connectivity index (χ4n) is 3.91. The van der Waals surface area contributed by atoms with Gasteiger partial charge in [-0.3, -0.25) is 4.21 Å². The Labute approximate surface area is 130 Å². The molecule has 3 rings (SSSR count). The third-order valence-corrected chi connectivity index (χ3v) is 5.79. The van der Waals surface area contributed by atoms with E-state index in [1.165, 1.54) is 49.3 Å². The lowest BCUT2D eigenvalue weighted by Crippen LogP contribution is -2.27. The molecule has 0 spiro atoms. The molecule has 1 aliphatic carbocycles. The zero-order valence-electron chi connectivity index (χ0n) is 13.2. The summed E-state index contributed by atoms with van der Waals surface area (Å²) in [4.78, 5) is 5.00. The van der Waals surface area contributed by atoms with Crippen LogP contribution < -0.4 is 5.32 Å². The number of hydrogen-bond donors (Lipinski definition) is 1. The molecule has 1 saturated carbocycles. The van der Waals surface area contributed by atoms with Crippen molar-refractivity contribution < 1.29 is 4.21 Å². The summed E-state index contributed by atoms with van der Waals surface area (Å²) in [5, 5.41) is 3.43. The van der Waals surface area contributed by atoms with E-state index in [4.69, 9.17) is 4.98 Å². The Balaban J connectivity index is 1.96. The monoisotopic (exact) mass is 309 g/mol. The van der Waals surface area contributed by atoms with E-state index in [-0.39, 0.29) is 0 Å². The van der Waals surface area contributed by atoms with Gasteiger partial charge in [0.05, 0.1) is 5.69 Å². The van der Waals surface area contributed by atoms with E-state index in [1.54, 1.807) is 0 Å². The average molecular weight is 309 g/mol. The second-order valence-corrected chi connectivity index (χ2v) is 8.06. The molecule has 2 aliphatic rings. The van der Waals surface area contributed by atoms with Crippen molar-refractivity contribution in [3.8, 4) is 0 Å². The van der Waals surface area contributed by atoms with Crippen LogP contribution in [0.25, 0.3) is 0 Å². The molecule has 0 radical (unpaired) electrons. The van der Waals surface area contributed by atoms with Gasteiger partial charge in [0, 0.05) is 60.0 Å². The summed E-state index contributed by atoms with van der Waals surface area (Å²) in [5.41, 5.74) is 2.63. The summed E-state index contributed by atoms with van der Waals surface area (Å²) in [6, 6.07) is 0.294. The molecule has 1 aromatic rings. The lowest BCUT2D eigenvalue weighted by atomic mass is 9.88. The molecule has 1 fully saturated rings. The van der Waals surface area contributed by atoms with Crippen molar-refractivity contribution in [1.29, 1.82) is 0 Å². The van der Waals surface area contributed by atoms with Crippen LogP contribution in [0.15, 0.2) is 0 Å². The molecule has 0 bridgehead atoms. The van der Waals surface area contributed by atoms with Crippen LogP contribution in [0.2, 0.25) is 0 Å². The molecule has 0 aromatic carbocycles. The minimum Gasteiger partial charge on any atom is -0.328 e. The standard InChI is InChI=1S/C16H27N3OS/c1-12(11-21(2)20)19-15-8-9-17-10-14(15)18-16(19)13-6-4-3-5-7-13/h12-13,17H,3-11H2,1-2H3. The van der Waals surface area contributed by atoms with Gasteiger partial charge in [0.15, 0.2) is 0 Å². The van der Waals surface area contributed by atoms with E-state index in [2.05, 4.69) is 16.8 Å². The summed E-state index contributed by atoms with van der Waals surface area (Å²) in [6.07, 6.45) is 9.42. The highest BCUT2D eigenvalue weighted by molar-refractivity contribution is 7.84. The fraction of sp³-hybridized carbons (Fsp3) is 0.812. The molecule has 0 saturated heterocycles. The highest BCUT2D eigenvalue weighted by atomic mass is 32.2. The van der Waals surface area contributed by atoms with E-state index < -0.39 is 10.8 Å². The normalized spacial score (nSPS) is 22.8. The van der Waals surface area contributed by atoms with Gasteiger partial charge in [0.25, 0.3) is 0 Å². The number of nitrogens with one attached hydrogen (secondary N) is 1. The maximum atomic E-state index is 11.7. The van der Waals surface area contributed by atoms with Crippen molar-refractivity contribution in [1.82, 2.24) is 14.9 Å². The van der Waals surface area contributed by atoms with Gasteiger partial charge in [0.2, 0.25) is 0 Å². The molecule has 5 heteroatoms. The van der Waals surface area contributed by atoms with E-state index in [1.807, 2.05) is 6.26 Å². The molecule has 21 heavy (non-hydrogen) atoms. The van der Waals surface area contributed by atoms with Crippen molar-refractivity contribution >= 4 is 10.8 Å². The van der Waals surface area contributed by atoms with Gasteiger partial charge in [-0.25, -0.2) is 4.98 Å². The summed E-state index contributed by atoms with van der Waals surface area (Å²) in [6.45, 7) is 4.13. The molecule has 1 aromatic heterocycles. The van der Waals surface area contributed by atoms with Gasteiger partial charge in [-0.05, 0) is 19.8 Å². The van der Waals surface area contributed by atoms with Crippen molar-refractivity contribution in [2.75, 3.05) is 18.6 Å². The van der Waals surface area contributed by atoms with Crippen LogP contribution in [-0.4, -0.2) is 32.3 Å². The van der Waals surface area contributed by atoms with Gasteiger partial charge < -0.3 is 9.88 Å². The Morgan fingerprint density at radius 3 is 2.86 bits per heavy atom. The molecular formula is C16H27N3OS. The Morgan fingerprint density at radius 2 is 2.14 bits per heavy atom.